The lowest BCUT2D eigenvalue weighted by Crippen LogP contribution is -2.13. The molecule has 5 heteroatoms. The number of halogens is 1. The highest BCUT2D eigenvalue weighted by Crippen LogP contribution is 2.15. The Morgan fingerprint density at radius 1 is 1.08 bits per heavy atom. The summed E-state index contributed by atoms with van der Waals surface area (Å²) in [6, 6.07) is 19.1. The van der Waals surface area contributed by atoms with Crippen molar-refractivity contribution in [3.63, 3.8) is 0 Å². The number of carbonyl (C=O) groups excluding carboxylic acids is 1. The van der Waals surface area contributed by atoms with Crippen LogP contribution in [-0.4, -0.2) is 17.4 Å². The Morgan fingerprint density at radius 3 is 2.65 bits per heavy atom. The zero-order valence-electron chi connectivity index (χ0n) is 14.5. The molecular weight excluding hydrogens is 346 g/mol. The van der Waals surface area contributed by atoms with Crippen molar-refractivity contribution in [2.24, 2.45) is 0 Å². The van der Waals surface area contributed by atoms with Crippen molar-refractivity contribution in [1.29, 1.82) is 0 Å². The van der Waals surface area contributed by atoms with Gasteiger partial charge in [0.1, 0.15) is 5.82 Å². The minimum Gasteiger partial charge on any atom is -0.370 e. The van der Waals surface area contributed by atoms with Gasteiger partial charge in [-0.25, -0.2) is 4.98 Å². The van der Waals surface area contributed by atoms with Gasteiger partial charge in [0.05, 0.1) is 5.56 Å². The fourth-order valence-corrected chi connectivity index (χ4v) is 2.78. The standard InChI is InChI=1S/C21H20ClN3O/c1-15-5-2-3-8-19(15)25-21(26)17-9-10-20(24-14-17)23-12-11-16-6-4-7-18(22)13-16/h2-10,13-14H,11-12H2,1H3,(H,23,24)(H,25,26). The van der Waals surface area contributed by atoms with Gasteiger partial charge >= 0.3 is 0 Å². The Morgan fingerprint density at radius 2 is 1.92 bits per heavy atom. The van der Waals surface area contributed by atoms with Crippen molar-refractivity contribution in [2.75, 3.05) is 17.2 Å². The van der Waals surface area contributed by atoms with Gasteiger partial charge in [-0.15, -0.1) is 0 Å². The molecule has 0 saturated heterocycles. The summed E-state index contributed by atoms with van der Waals surface area (Å²) in [6.45, 7) is 2.70. The van der Waals surface area contributed by atoms with Gasteiger partial charge in [-0.2, -0.15) is 0 Å². The number of nitrogens with one attached hydrogen (secondary N) is 2. The third-order valence-corrected chi connectivity index (χ3v) is 4.26. The number of hydrogen-bond donors (Lipinski definition) is 2. The lowest BCUT2D eigenvalue weighted by atomic mass is 10.1. The fraction of sp³-hybridized carbons (Fsp3) is 0.143. The summed E-state index contributed by atoms with van der Waals surface area (Å²) in [7, 11) is 0. The molecule has 0 unspecified atom stereocenters. The Hall–Kier alpha value is -2.85. The normalized spacial score (nSPS) is 10.4. The summed E-state index contributed by atoms with van der Waals surface area (Å²) in [5.74, 6) is 0.566. The van der Waals surface area contributed by atoms with Gasteiger partial charge in [-0.05, 0) is 54.8 Å². The molecular formula is C21H20ClN3O. The molecule has 132 valence electrons. The summed E-state index contributed by atoms with van der Waals surface area (Å²) in [5.41, 5.74) is 3.52. The summed E-state index contributed by atoms with van der Waals surface area (Å²) < 4.78 is 0. The monoisotopic (exact) mass is 365 g/mol. The lowest BCUT2D eigenvalue weighted by molar-refractivity contribution is 0.102. The number of pyridine rings is 1. The molecule has 26 heavy (non-hydrogen) atoms. The highest BCUT2D eigenvalue weighted by molar-refractivity contribution is 6.30. The van der Waals surface area contributed by atoms with Crippen molar-refractivity contribution in [2.45, 2.75) is 13.3 Å². The first-order chi connectivity index (χ1) is 12.6. The molecule has 2 aromatic carbocycles. The van der Waals surface area contributed by atoms with Gasteiger partial charge in [-0.1, -0.05) is 41.9 Å². The Kier molecular flexibility index (Phi) is 5.87. The van der Waals surface area contributed by atoms with Crippen LogP contribution < -0.4 is 10.6 Å². The molecule has 0 aliphatic carbocycles. The summed E-state index contributed by atoms with van der Waals surface area (Å²) in [4.78, 5) is 16.6. The van der Waals surface area contributed by atoms with Crippen molar-refractivity contribution in [3.05, 3.63) is 88.6 Å². The van der Waals surface area contributed by atoms with Gasteiger partial charge in [0.25, 0.3) is 5.91 Å². The van der Waals surface area contributed by atoms with Crippen LogP contribution in [0.15, 0.2) is 66.9 Å². The van der Waals surface area contributed by atoms with E-state index in [4.69, 9.17) is 11.6 Å². The Balaban J connectivity index is 1.54. The SMILES string of the molecule is Cc1ccccc1NC(=O)c1ccc(NCCc2cccc(Cl)c2)nc1. The summed E-state index contributed by atoms with van der Waals surface area (Å²) in [5, 5.41) is 6.90. The second-order valence-corrected chi connectivity index (χ2v) is 6.44. The van der Waals surface area contributed by atoms with Crippen LogP contribution in [0.1, 0.15) is 21.5 Å². The zero-order valence-corrected chi connectivity index (χ0v) is 15.3. The van der Waals surface area contributed by atoms with Gasteiger partial charge in [0.2, 0.25) is 0 Å². The maximum absolute atomic E-state index is 12.3. The largest absolute Gasteiger partial charge is 0.370 e. The van der Waals surface area contributed by atoms with Crippen LogP contribution in [0, 0.1) is 6.92 Å². The van der Waals surface area contributed by atoms with Crippen LogP contribution >= 0.6 is 11.6 Å². The van der Waals surface area contributed by atoms with Crippen molar-refractivity contribution in [1.82, 2.24) is 4.98 Å². The van der Waals surface area contributed by atoms with E-state index in [0.29, 0.717) is 5.56 Å². The number of carbonyl (C=O) groups is 1. The smallest absolute Gasteiger partial charge is 0.257 e. The van der Waals surface area contributed by atoms with Crippen molar-refractivity contribution >= 4 is 29.0 Å². The van der Waals surface area contributed by atoms with E-state index in [2.05, 4.69) is 15.6 Å². The van der Waals surface area contributed by atoms with E-state index in [1.807, 2.05) is 61.5 Å². The van der Waals surface area contributed by atoms with Gasteiger partial charge in [-0.3, -0.25) is 4.79 Å². The van der Waals surface area contributed by atoms with E-state index in [1.165, 1.54) is 5.56 Å². The molecule has 0 aliphatic rings. The number of rotatable bonds is 6. The van der Waals surface area contributed by atoms with Crippen LogP contribution in [0.25, 0.3) is 0 Å². The maximum atomic E-state index is 12.3. The number of nitrogens with zero attached hydrogens (tertiary/aromatic N) is 1. The third-order valence-electron chi connectivity index (χ3n) is 4.03. The molecule has 3 aromatic rings. The highest BCUT2D eigenvalue weighted by atomic mass is 35.5. The first-order valence-electron chi connectivity index (χ1n) is 8.43. The van der Waals surface area contributed by atoms with E-state index in [0.717, 1.165) is 35.1 Å². The molecule has 0 fully saturated rings. The van der Waals surface area contributed by atoms with E-state index in [9.17, 15) is 4.79 Å². The first kappa shape index (κ1) is 18.0. The molecule has 2 N–H and O–H groups in total. The number of aromatic nitrogens is 1. The molecule has 0 atom stereocenters. The van der Waals surface area contributed by atoms with Crippen LogP contribution in [0.2, 0.25) is 5.02 Å². The molecule has 3 rings (SSSR count). The second kappa shape index (κ2) is 8.50. The maximum Gasteiger partial charge on any atom is 0.257 e. The second-order valence-electron chi connectivity index (χ2n) is 6.01. The minimum absolute atomic E-state index is 0.169. The third kappa shape index (κ3) is 4.83. The Labute approximate surface area is 158 Å². The van der Waals surface area contributed by atoms with E-state index in [1.54, 1.807) is 12.3 Å². The van der Waals surface area contributed by atoms with Crippen LogP contribution in [-0.2, 0) is 6.42 Å². The van der Waals surface area contributed by atoms with Gasteiger partial charge in [0.15, 0.2) is 0 Å². The number of para-hydroxylation sites is 1. The summed E-state index contributed by atoms with van der Waals surface area (Å²) >= 11 is 5.98. The molecule has 4 nitrogen and oxygen atoms in total. The topological polar surface area (TPSA) is 54.0 Å². The van der Waals surface area contributed by atoms with Gasteiger partial charge in [0, 0.05) is 23.5 Å². The predicted octanol–water partition coefficient (Wildman–Crippen LogP) is 4.95. The number of aryl methyl sites for hydroxylation is 1. The molecule has 1 amide bonds. The number of amides is 1. The molecule has 1 aromatic heterocycles. The highest BCUT2D eigenvalue weighted by Gasteiger charge is 2.08. The molecule has 0 saturated carbocycles. The first-order valence-corrected chi connectivity index (χ1v) is 8.81. The van der Waals surface area contributed by atoms with Crippen LogP contribution in [0.3, 0.4) is 0 Å². The Bertz CT molecular complexity index is 894. The van der Waals surface area contributed by atoms with Crippen LogP contribution in [0.4, 0.5) is 11.5 Å². The number of hydrogen-bond acceptors (Lipinski definition) is 3. The fourth-order valence-electron chi connectivity index (χ4n) is 2.57. The van der Waals surface area contributed by atoms with E-state index >= 15 is 0 Å². The van der Waals surface area contributed by atoms with E-state index in [-0.39, 0.29) is 5.91 Å². The molecule has 0 radical (unpaired) electrons. The number of anilines is 2. The van der Waals surface area contributed by atoms with Crippen molar-refractivity contribution < 1.29 is 4.79 Å². The molecule has 0 aliphatic heterocycles. The lowest BCUT2D eigenvalue weighted by Gasteiger charge is -2.09. The quantitative estimate of drug-likeness (QED) is 0.649. The average Bonchev–Trinajstić information content (AvgIpc) is 2.64. The molecule has 1 heterocycles. The zero-order chi connectivity index (χ0) is 18.4. The van der Waals surface area contributed by atoms with Gasteiger partial charge < -0.3 is 10.6 Å². The summed E-state index contributed by atoms with van der Waals surface area (Å²) in [6.07, 6.45) is 2.42. The average molecular weight is 366 g/mol. The van der Waals surface area contributed by atoms with Crippen LogP contribution in [0.5, 0.6) is 0 Å². The minimum atomic E-state index is -0.169. The van der Waals surface area contributed by atoms with Crippen molar-refractivity contribution in [3.8, 4) is 0 Å². The predicted molar refractivity (Wildman–Crippen MR) is 107 cm³/mol. The van der Waals surface area contributed by atoms with E-state index < -0.39 is 0 Å². The molecule has 0 spiro atoms. The number of benzene rings is 2. The molecule has 0 bridgehead atoms.